The van der Waals surface area contributed by atoms with Gasteiger partial charge in [-0.2, -0.15) is 0 Å². The van der Waals surface area contributed by atoms with E-state index in [0.717, 1.165) is 61.6 Å². The highest BCUT2D eigenvalue weighted by Crippen LogP contribution is 2.41. The first-order valence-corrected chi connectivity index (χ1v) is 12.6. The van der Waals surface area contributed by atoms with Gasteiger partial charge in [0.2, 0.25) is 0 Å². The first kappa shape index (κ1) is 23.8. The quantitative estimate of drug-likeness (QED) is 0.505. The molecule has 0 amide bonds. The zero-order valence-electron chi connectivity index (χ0n) is 20.6. The van der Waals surface area contributed by atoms with Crippen LogP contribution in [0.4, 0.5) is 0 Å². The van der Waals surface area contributed by atoms with Crippen molar-refractivity contribution in [3.63, 3.8) is 0 Å². The molecular formula is C27H33N5O2S. The molecule has 5 rings (SSSR count). The number of ether oxygens (including phenoxy) is 2. The lowest BCUT2D eigenvalue weighted by Crippen LogP contribution is -2.42. The van der Waals surface area contributed by atoms with Crippen molar-refractivity contribution in [3.8, 4) is 11.4 Å². The highest BCUT2D eigenvalue weighted by Gasteiger charge is 2.41. The fourth-order valence-electron chi connectivity index (χ4n) is 5.29. The van der Waals surface area contributed by atoms with Crippen LogP contribution < -0.4 is 10.1 Å². The molecule has 2 saturated heterocycles. The smallest absolute Gasteiger partial charge is 0.170 e. The second kappa shape index (κ2) is 10.4. The molecule has 2 aliphatic rings. The van der Waals surface area contributed by atoms with E-state index in [1.54, 1.807) is 7.11 Å². The summed E-state index contributed by atoms with van der Waals surface area (Å²) in [7, 11) is 1.70. The number of benzene rings is 1. The van der Waals surface area contributed by atoms with Gasteiger partial charge in [0, 0.05) is 55.5 Å². The van der Waals surface area contributed by atoms with Gasteiger partial charge in [0.05, 0.1) is 38.1 Å². The predicted octanol–water partition coefficient (Wildman–Crippen LogP) is 3.80. The van der Waals surface area contributed by atoms with Gasteiger partial charge < -0.3 is 24.3 Å². The lowest BCUT2D eigenvalue weighted by Gasteiger charge is -2.32. The third-order valence-corrected chi connectivity index (χ3v) is 7.41. The Morgan fingerprint density at radius 3 is 2.66 bits per heavy atom. The zero-order valence-corrected chi connectivity index (χ0v) is 21.4. The molecule has 2 fully saturated rings. The summed E-state index contributed by atoms with van der Waals surface area (Å²) in [5, 5.41) is 4.38. The van der Waals surface area contributed by atoms with E-state index in [-0.39, 0.29) is 12.1 Å². The average Bonchev–Trinajstić information content (AvgIpc) is 3.38. The Kier molecular flexibility index (Phi) is 7.04. The van der Waals surface area contributed by atoms with E-state index in [1.807, 2.05) is 30.5 Å². The summed E-state index contributed by atoms with van der Waals surface area (Å²) in [6, 6.07) is 16.6. The highest BCUT2D eigenvalue weighted by molar-refractivity contribution is 7.80. The number of hydrogen-bond donors (Lipinski definition) is 1. The zero-order chi connectivity index (χ0) is 24.4. The average molecular weight is 492 g/mol. The van der Waals surface area contributed by atoms with Gasteiger partial charge in [0.15, 0.2) is 5.11 Å². The molecule has 184 valence electrons. The summed E-state index contributed by atoms with van der Waals surface area (Å²) in [5.74, 6) is 0.846. The molecular weight excluding hydrogens is 458 g/mol. The molecule has 0 aliphatic carbocycles. The van der Waals surface area contributed by atoms with Crippen LogP contribution in [0.1, 0.15) is 34.7 Å². The van der Waals surface area contributed by atoms with Gasteiger partial charge in [-0.15, -0.1) is 0 Å². The normalized spacial score (nSPS) is 20.8. The lowest BCUT2D eigenvalue weighted by atomic mass is 9.96. The Labute approximate surface area is 212 Å². The standard InChI is InChI=1S/C27H33N5O2S/c1-19-17-23(20(2)32(19)21-7-6-8-22(18-21)33-3)26-25(24-9-4-5-10-28-24)29-27(35)31(26)12-11-30-13-15-34-16-14-30/h4-10,17-18,25-26H,11-16H2,1-3H3,(H,29,35)/t25-,26+/m1/s1. The number of aryl methyl sites for hydroxylation is 1. The van der Waals surface area contributed by atoms with Crippen LogP contribution in [0.3, 0.4) is 0 Å². The van der Waals surface area contributed by atoms with Gasteiger partial charge >= 0.3 is 0 Å². The maximum atomic E-state index is 5.89. The Hall–Kier alpha value is -2.94. The molecule has 0 unspecified atom stereocenters. The van der Waals surface area contributed by atoms with Gasteiger partial charge in [-0.05, 0) is 62.0 Å². The summed E-state index contributed by atoms with van der Waals surface area (Å²) in [6.07, 6.45) is 1.85. The minimum absolute atomic E-state index is 0.0207. The second-order valence-electron chi connectivity index (χ2n) is 9.14. The minimum Gasteiger partial charge on any atom is -0.497 e. The van der Waals surface area contributed by atoms with Crippen LogP contribution in [0.15, 0.2) is 54.7 Å². The molecule has 3 aromatic rings. The molecule has 1 N–H and O–H groups in total. The molecule has 7 nitrogen and oxygen atoms in total. The molecule has 35 heavy (non-hydrogen) atoms. The Morgan fingerprint density at radius 1 is 1.09 bits per heavy atom. The van der Waals surface area contributed by atoms with Crippen molar-refractivity contribution in [1.82, 2.24) is 24.7 Å². The Balaban J connectivity index is 1.52. The summed E-state index contributed by atoms with van der Waals surface area (Å²) in [4.78, 5) is 9.50. The second-order valence-corrected chi connectivity index (χ2v) is 9.52. The number of nitrogens with one attached hydrogen (secondary N) is 1. The molecule has 2 aromatic heterocycles. The molecule has 8 heteroatoms. The first-order valence-electron chi connectivity index (χ1n) is 12.2. The molecule has 1 aromatic carbocycles. The van der Waals surface area contributed by atoms with Gasteiger partial charge in [-0.3, -0.25) is 9.88 Å². The van der Waals surface area contributed by atoms with Crippen molar-refractivity contribution < 1.29 is 9.47 Å². The number of aromatic nitrogens is 2. The summed E-state index contributed by atoms with van der Waals surface area (Å²) in [5.41, 5.74) is 5.73. The van der Waals surface area contributed by atoms with E-state index in [0.29, 0.717) is 0 Å². The summed E-state index contributed by atoms with van der Waals surface area (Å²) in [6.45, 7) is 9.67. The number of nitrogens with zero attached hydrogens (tertiary/aromatic N) is 4. The van der Waals surface area contributed by atoms with Crippen molar-refractivity contribution in [3.05, 3.63) is 77.4 Å². The molecule has 0 saturated carbocycles. The van der Waals surface area contributed by atoms with Crippen LogP contribution >= 0.6 is 12.2 Å². The topological polar surface area (TPSA) is 54.8 Å². The number of pyridine rings is 1. The Bertz CT molecular complexity index is 1180. The fraction of sp³-hybridized carbons (Fsp3) is 0.407. The van der Waals surface area contributed by atoms with E-state index in [2.05, 4.69) is 57.8 Å². The number of rotatable bonds is 7. The van der Waals surface area contributed by atoms with Crippen LogP contribution in [-0.4, -0.2) is 71.0 Å². The van der Waals surface area contributed by atoms with Gasteiger partial charge in [-0.1, -0.05) is 12.1 Å². The molecule has 0 bridgehead atoms. The number of methoxy groups -OCH3 is 1. The lowest BCUT2D eigenvalue weighted by molar-refractivity contribution is 0.0350. The van der Waals surface area contributed by atoms with E-state index < -0.39 is 0 Å². The van der Waals surface area contributed by atoms with Crippen molar-refractivity contribution >= 4 is 17.3 Å². The number of thiocarbonyl (C=S) groups is 1. The predicted molar refractivity (Wildman–Crippen MR) is 141 cm³/mol. The largest absolute Gasteiger partial charge is 0.497 e. The summed E-state index contributed by atoms with van der Waals surface area (Å²) >= 11 is 5.89. The van der Waals surface area contributed by atoms with Gasteiger partial charge in [-0.25, -0.2) is 0 Å². The fourth-order valence-corrected chi connectivity index (χ4v) is 5.62. The van der Waals surface area contributed by atoms with Crippen LogP contribution in [-0.2, 0) is 4.74 Å². The molecule has 2 aliphatic heterocycles. The van der Waals surface area contributed by atoms with Crippen molar-refractivity contribution in [2.75, 3.05) is 46.5 Å². The SMILES string of the molecule is COc1cccc(-n2c(C)cc([C@H]3[C@@H](c4ccccn4)NC(=S)N3CCN3CCOCC3)c2C)c1. The van der Waals surface area contributed by atoms with Crippen molar-refractivity contribution in [2.45, 2.75) is 25.9 Å². The summed E-state index contributed by atoms with van der Waals surface area (Å²) < 4.78 is 13.3. The number of morpholine rings is 1. The highest BCUT2D eigenvalue weighted by atomic mass is 32.1. The third kappa shape index (κ3) is 4.78. The van der Waals surface area contributed by atoms with Gasteiger partial charge in [0.1, 0.15) is 5.75 Å². The minimum atomic E-state index is -0.0207. The van der Waals surface area contributed by atoms with Crippen LogP contribution in [0, 0.1) is 13.8 Å². The first-order chi connectivity index (χ1) is 17.1. The van der Waals surface area contributed by atoms with Crippen LogP contribution in [0.5, 0.6) is 5.75 Å². The molecule has 0 spiro atoms. The molecule has 2 atom stereocenters. The van der Waals surface area contributed by atoms with E-state index in [4.69, 9.17) is 26.7 Å². The Morgan fingerprint density at radius 2 is 1.91 bits per heavy atom. The monoisotopic (exact) mass is 491 g/mol. The van der Waals surface area contributed by atoms with E-state index in [9.17, 15) is 0 Å². The number of hydrogen-bond acceptors (Lipinski definition) is 5. The van der Waals surface area contributed by atoms with Crippen LogP contribution in [0.25, 0.3) is 5.69 Å². The van der Waals surface area contributed by atoms with Crippen molar-refractivity contribution in [1.29, 1.82) is 0 Å². The molecule has 4 heterocycles. The van der Waals surface area contributed by atoms with Gasteiger partial charge in [0.25, 0.3) is 0 Å². The van der Waals surface area contributed by atoms with E-state index in [1.165, 1.54) is 17.0 Å². The maximum Gasteiger partial charge on any atom is 0.170 e. The van der Waals surface area contributed by atoms with Crippen molar-refractivity contribution in [2.24, 2.45) is 0 Å². The third-order valence-electron chi connectivity index (χ3n) is 7.06. The molecule has 0 radical (unpaired) electrons. The van der Waals surface area contributed by atoms with E-state index >= 15 is 0 Å². The van der Waals surface area contributed by atoms with Crippen LogP contribution in [0.2, 0.25) is 0 Å². The maximum absolute atomic E-state index is 5.89.